The molecule has 0 radical (unpaired) electrons. The van der Waals surface area contributed by atoms with E-state index in [-0.39, 0.29) is 18.6 Å². The average molecular weight is 169 g/mol. The SMILES string of the molecule is CC(CO)NC(=O)c1cnc[nH]1. The van der Waals surface area contributed by atoms with Gasteiger partial charge in [0.25, 0.3) is 5.91 Å². The van der Waals surface area contributed by atoms with E-state index in [1.807, 2.05) is 0 Å². The van der Waals surface area contributed by atoms with Crippen LogP contribution in [-0.4, -0.2) is 33.6 Å². The maximum absolute atomic E-state index is 11.2. The topological polar surface area (TPSA) is 78.0 Å². The minimum atomic E-state index is -0.256. The summed E-state index contributed by atoms with van der Waals surface area (Å²) < 4.78 is 0. The maximum Gasteiger partial charge on any atom is 0.269 e. The molecule has 1 unspecified atom stereocenters. The Morgan fingerprint density at radius 2 is 2.67 bits per heavy atom. The third-order valence-electron chi connectivity index (χ3n) is 1.39. The maximum atomic E-state index is 11.2. The predicted molar refractivity (Wildman–Crippen MR) is 42.6 cm³/mol. The first-order chi connectivity index (χ1) is 5.74. The molecule has 0 saturated heterocycles. The van der Waals surface area contributed by atoms with Crippen LogP contribution in [-0.2, 0) is 0 Å². The quantitative estimate of drug-likeness (QED) is 0.572. The standard InChI is InChI=1S/C7H11N3O2/c1-5(3-11)10-7(12)6-2-8-4-9-6/h2,4-5,11H,3H2,1H3,(H,8,9)(H,10,12). The Hall–Kier alpha value is -1.36. The van der Waals surface area contributed by atoms with Crippen LogP contribution in [0.25, 0.3) is 0 Å². The number of amides is 1. The van der Waals surface area contributed by atoms with Crippen LogP contribution in [0.5, 0.6) is 0 Å². The average Bonchev–Trinajstić information content (AvgIpc) is 2.56. The van der Waals surface area contributed by atoms with Crippen LogP contribution < -0.4 is 5.32 Å². The molecule has 5 heteroatoms. The number of imidazole rings is 1. The van der Waals surface area contributed by atoms with E-state index in [0.717, 1.165) is 0 Å². The van der Waals surface area contributed by atoms with Crippen molar-refractivity contribution >= 4 is 5.91 Å². The molecule has 0 aliphatic carbocycles. The summed E-state index contributed by atoms with van der Waals surface area (Å²) >= 11 is 0. The van der Waals surface area contributed by atoms with Crippen molar-refractivity contribution in [2.45, 2.75) is 13.0 Å². The van der Waals surface area contributed by atoms with Crippen LogP contribution in [0.1, 0.15) is 17.4 Å². The molecule has 0 fully saturated rings. The number of aromatic nitrogens is 2. The monoisotopic (exact) mass is 169 g/mol. The van der Waals surface area contributed by atoms with Gasteiger partial charge in [-0.3, -0.25) is 4.79 Å². The lowest BCUT2D eigenvalue weighted by Crippen LogP contribution is -2.35. The van der Waals surface area contributed by atoms with Crippen LogP contribution in [0, 0.1) is 0 Å². The number of rotatable bonds is 3. The lowest BCUT2D eigenvalue weighted by molar-refractivity contribution is 0.0918. The first-order valence-electron chi connectivity index (χ1n) is 3.64. The van der Waals surface area contributed by atoms with E-state index in [1.54, 1.807) is 6.92 Å². The highest BCUT2D eigenvalue weighted by molar-refractivity contribution is 5.92. The largest absolute Gasteiger partial charge is 0.394 e. The minimum absolute atomic E-state index is 0.0696. The fourth-order valence-corrected chi connectivity index (χ4v) is 0.727. The van der Waals surface area contributed by atoms with Crippen LogP contribution in [0.4, 0.5) is 0 Å². The van der Waals surface area contributed by atoms with Crippen molar-refractivity contribution in [1.82, 2.24) is 15.3 Å². The Morgan fingerprint density at radius 3 is 3.17 bits per heavy atom. The van der Waals surface area contributed by atoms with Gasteiger partial charge in [0.1, 0.15) is 5.69 Å². The fraction of sp³-hybridized carbons (Fsp3) is 0.429. The van der Waals surface area contributed by atoms with Gasteiger partial charge in [0, 0.05) is 6.04 Å². The Balaban J connectivity index is 2.50. The minimum Gasteiger partial charge on any atom is -0.394 e. The molecule has 1 aromatic rings. The summed E-state index contributed by atoms with van der Waals surface area (Å²) in [6.45, 7) is 1.65. The van der Waals surface area contributed by atoms with Gasteiger partial charge in [-0.2, -0.15) is 0 Å². The van der Waals surface area contributed by atoms with Crippen molar-refractivity contribution in [1.29, 1.82) is 0 Å². The molecule has 5 nitrogen and oxygen atoms in total. The molecular formula is C7H11N3O2. The second kappa shape index (κ2) is 3.87. The number of nitrogens with one attached hydrogen (secondary N) is 2. The summed E-state index contributed by atoms with van der Waals surface area (Å²) in [6, 6.07) is -0.235. The summed E-state index contributed by atoms with van der Waals surface area (Å²) in [6.07, 6.45) is 2.86. The van der Waals surface area contributed by atoms with Gasteiger partial charge >= 0.3 is 0 Å². The number of aromatic amines is 1. The molecule has 66 valence electrons. The lowest BCUT2D eigenvalue weighted by atomic mass is 10.3. The number of nitrogens with zero attached hydrogens (tertiary/aromatic N) is 1. The van der Waals surface area contributed by atoms with Gasteiger partial charge < -0.3 is 15.4 Å². The second-order valence-electron chi connectivity index (χ2n) is 2.52. The van der Waals surface area contributed by atoms with Crippen LogP contribution in [0.2, 0.25) is 0 Å². The molecule has 1 heterocycles. The van der Waals surface area contributed by atoms with Gasteiger partial charge in [-0.1, -0.05) is 0 Å². The van der Waals surface area contributed by atoms with E-state index in [0.29, 0.717) is 5.69 Å². The van der Waals surface area contributed by atoms with E-state index >= 15 is 0 Å². The molecule has 0 saturated carbocycles. The van der Waals surface area contributed by atoms with E-state index in [4.69, 9.17) is 5.11 Å². The zero-order valence-electron chi connectivity index (χ0n) is 6.74. The van der Waals surface area contributed by atoms with Gasteiger partial charge in [-0.15, -0.1) is 0 Å². The molecule has 1 aromatic heterocycles. The number of aliphatic hydroxyl groups is 1. The van der Waals surface area contributed by atoms with Crippen LogP contribution in [0.3, 0.4) is 0 Å². The molecule has 0 aliphatic rings. The van der Waals surface area contributed by atoms with Crippen molar-refractivity contribution in [3.05, 3.63) is 18.2 Å². The van der Waals surface area contributed by atoms with E-state index in [1.165, 1.54) is 12.5 Å². The smallest absolute Gasteiger partial charge is 0.269 e. The molecule has 12 heavy (non-hydrogen) atoms. The summed E-state index contributed by atoms with van der Waals surface area (Å²) in [4.78, 5) is 17.5. The molecule has 0 aliphatic heterocycles. The zero-order chi connectivity index (χ0) is 8.97. The Labute approximate surface area is 69.8 Å². The number of aliphatic hydroxyl groups excluding tert-OH is 1. The fourth-order valence-electron chi connectivity index (χ4n) is 0.727. The number of carbonyl (C=O) groups is 1. The summed E-state index contributed by atoms with van der Waals surface area (Å²) in [5, 5.41) is 11.2. The highest BCUT2D eigenvalue weighted by Crippen LogP contribution is 1.91. The predicted octanol–water partition coefficient (Wildman–Crippen LogP) is -0.480. The highest BCUT2D eigenvalue weighted by atomic mass is 16.3. The molecule has 0 spiro atoms. The van der Waals surface area contributed by atoms with Crippen LogP contribution >= 0.6 is 0 Å². The van der Waals surface area contributed by atoms with Crippen molar-refractivity contribution < 1.29 is 9.90 Å². The normalized spacial score (nSPS) is 12.5. The molecule has 3 N–H and O–H groups in total. The van der Waals surface area contributed by atoms with Gasteiger partial charge in [-0.05, 0) is 6.92 Å². The number of hydrogen-bond acceptors (Lipinski definition) is 3. The third-order valence-corrected chi connectivity index (χ3v) is 1.39. The highest BCUT2D eigenvalue weighted by Gasteiger charge is 2.08. The number of H-pyrrole nitrogens is 1. The summed E-state index contributed by atoms with van der Waals surface area (Å²) in [7, 11) is 0. The molecule has 0 bridgehead atoms. The first-order valence-corrected chi connectivity index (χ1v) is 3.64. The Bertz CT molecular complexity index is 245. The van der Waals surface area contributed by atoms with Gasteiger partial charge in [0.15, 0.2) is 0 Å². The molecule has 1 rings (SSSR count). The van der Waals surface area contributed by atoms with Crippen LogP contribution in [0.15, 0.2) is 12.5 Å². The Kier molecular flexibility index (Phi) is 2.82. The van der Waals surface area contributed by atoms with E-state index in [2.05, 4.69) is 15.3 Å². The summed E-state index contributed by atoms with van der Waals surface area (Å²) in [5.74, 6) is -0.256. The van der Waals surface area contributed by atoms with Crippen molar-refractivity contribution in [2.75, 3.05) is 6.61 Å². The second-order valence-corrected chi connectivity index (χ2v) is 2.52. The van der Waals surface area contributed by atoms with E-state index in [9.17, 15) is 4.79 Å². The third kappa shape index (κ3) is 2.06. The molecule has 1 atom stereocenters. The van der Waals surface area contributed by atoms with Crippen molar-refractivity contribution in [2.24, 2.45) is 0 Å². The first kappa shape index (κ1) is 8.73. The molecule has 1 amide bonds. The van der Waals surface area contributed by atoms with Gasteiger partial charge in [0.2, 0.25) is 0 Å². The summed E-state index contributed by atoms with van der Waals surface area (Å²) in [5.41, 5.74) is 0.398. The zero-order valence-corrected chi connectivity index (χ0v) is 6.74. The Morgan fingerprint density at radius 1 is 1.92 bits per heavy atom. The van der Waals surface area contributed by atoms with Gasteiger partial charge in [0.05, 0.1) is 19.1 Å². The lowest BCUT2D eigenvalue weighted by Gasteiger charge is -2.08. The number of carbonyl (C=O) groups excluding carboxylic acids is 1. The van der Waals surface area contributed by atoms with E-state index < -0.39 is 0 Å². The van der Waals surface area contributed by atoms with Crippen molar-refractivity contribution in [3.8, 4) is 0 Å². The molecular weight excluding hydrogens is 158 g/mol. The van der Waals surface area contributed by atoms with Crippen molar-refractivity contribution in [3.63, 3.8) is 0 Å². The molecule has 0 aromatic carbocycles. The van der Waals surface area contributed by atoms with Gasteiger partial charge in [-0.25, -0.2) is 4.98 Å². The number of hydrogen-bond donors (Lipinski definition) is 3.